The second kappa shape index (κ2) is 7.28. The molecule has 1 aromatic carbocycles. The fourth-order valence-electron chi connectivity index (χ4n) is 2.81. The Hall–Kier alpha value is -1.06. The van der Waals surface area contributed by atoms with Crippen molar-refractivity contribution in [1.29, 1.82) is 0 Å². The van der Waals surface area contributed by atoms with E-state index in [0.717, 1.165) is 18.2 Å². The van der Waals surface area contributed by atoms with Gasteiger partial charge in [0.1, 0.15) is 5.75 Å². The van der Waals surface area contributed by atoms with Crippen molar-refractivity contribution in [3.05, 3.63) is 29.8 Å². The van der Waals surface area contributed by atoms with Crippen LogP contribution >= 0.6 is 0 Å². The topological polar surface area (TPSA) is 24.5 Å². The fourth-order valence-corrected chi connectivity index (χ4v) is 2.81. The smallest absolute Gasteiger partial charge is 0.119 e. The average Bonchev–Trinajstić information content (AvgIpc) is 3.28. The Labute approximate surface area is 129 Å². The molecule has 0 aliphatic heterocycles. The molecule has 1 saturated carbocycles. The van der Waals surface area contributed by atoms with Crippen LogP contribution in [-0.2, 0) is 0 Å². The summed E-state index contributed by atoms with van der Waals surface area (Å²) >= 11 is 0. The van der Waals surface area contributed by atoms with E-state index in [2.05, 4.69) is 62.3 Å². The highest BCUT2D eigenvalue weighted by Gasteiger charge is 2.31. The van der Waals surface area contributed by atoms with E-state index < -0.39 is 0 Å². The maximum absolute atomic E-state index is 5.71. The van der Waals surface area contributed by atoms with Crippen molar-refractivity contribution in [2.45, 2.75) is 51.8 Å². The number of ether oxygens (including phenoxy) is 1. The number of likely N-dealkylation sites (N-methyl/N-ethyl adjacent to an activating group) is 2. The van der Waals surface area contributed by atoms with Gasteiger partial charge in [0.2, 0.25) is 0 Å². The van der Waals surface area contributed by atoms with Crippen molar-refractivity contribution in [2.24, 2.45) is 5.92 Å². The number of benzene rings is 1. The summed E-state index contributed by atoms with van der Waals surface area (Å²) in [5, 5.41) is 3.44. The van der Waals surface area contributed by atoms with Gasteiger partial charge in [0.15, 0.2) is 0 Å². The summed E-state index contributed by atoms with van der Waals surface area (Å²) in [7, 11) is 4.28. The molecule has 21 heavy (non-hydrogen) atoms. The lowest BCUT2D eigenvalue weighted by atomic mass is 10.0. The minimum absolute atomic E-state index is 0.224. The molecule has 0 spiro atoms. The first kappa shape index (κ1) is 16.3. The molecule has 1 aromatic rings. The molecule has 3 heteroatoms. The lowest BCUT2D eigenvalue weighted by Crippen LogP contribution is -2.37. The monoisotopic (exact) mass is 290 g/mol. The third-order valence-electron chi connectivity index (χ3n) is 4.47. The number of hydrogen-bond acceptors (Lipinski definition) is 3. The zero-order valence-corrected chi connectivity index (χ0v) is 14.1. The quantitative estimate of drug-likeness (QED) is 0.793. The highest BCUT2D eigenvalue weighted by atomic mass is 16.5. The van der Waals surface area contributed by atoms with Crippen molar-refractivity contribution >= 4 is 0 Å². The van der Waals surface area contributed by atoms with Gasteiger partial charge in [-0.25, -0.2) is 0 Å². The third kappa shape index (κ3) is 4.72. The molecule has 0 heterocycles. The molecule has 0 aromatic heterocycles. The number of rotatable bonds is 8. The molecule has 2 unspecified atom stereocenters. The van der Waals surface area contributed by atoms with Crippen LogP contribution in [0.2, 0.25) is 0 Å². The fraction of sp³-hybridized carbons (Fsp3) is 0.667. The zero-order chi connectivity index (χ0) is 15.4. The van der Waals surface area contributed by atoms with Crippen LogP contribution in [0.5, 0.6) is 5.75 Å². The normalized spacial score (nSPS) is 18.0. The summed E-state index contributed by atoms with van der Waals surface area (Å²) in [5.74, 6) is 1.86. The summed E-state index contributed by atoms with van der Waals surface area (Å²) in [4.78, 5) is 2.48. The van der Waals surface area contributed by atoms with Crippen LogP contribution in [0.25, 0.3) is 0 Å². The molecule has 0 saturated heterocycles. The Balaban J connectivity index is 1.96. The minimum Gasteiger partial charge on any atom is -0.491 e. The molecule has 0 bridgehead atoms. The van der Waals surface area contributed by atoms with Gasteiger partial charge < -0.3 is 15.0 Å². The van der Waals surface area contributed by atoms with Crippen molar-refractivity contribution in [1.82, 2.24) is 10.2 Å². The number of hydrogen-bond donors (Lipinski definition) is 1. The molecule has 118 valence electrons. The van der Waals surface area contributed by atoms with Crippen LogP contribution in [0.1, 0.15) is 45.2 Å². The van der Waals surface area contributed by atoms with Crippen molar-refractivity contribution in [2.75, 3.05) is 20.6 Å². The molecule has 2 rings (SSSR count). The van der Waals surface area contributed by atoms with Crippen molar-refractivity contribution in [3.8, 4) is 5.75 Å². The molecule has 3 nitrogen and oxygen atoms in total. The molecule has 0 radical (unpaired) electrons. The summed E-state index contributed by atoms with van der Waals surface area (Å²) in [6, 6.07) is 9.55. The van der Waals surface area contributed by atoms with E-state index in [1.807, 2.05) is 7.05 Å². The van der Waals surface area contributed by atoms with Gasteiger partial charge in [0, 0.05) is 18.6 Å². The number of nitrogens with one attached hydrogen (secondary N) is 1. The molecule has 2 atom stereocenters. The maximum Gasteiger partial charge on any atom is 0.119 e. The van der Waals surface area contributed by atoms with Gasteiger partial charge in [0.05, 0.1) is 6.10 Å². The predicted molar refractivity (Wildman–Crippen MR) is 88.8 cm³/mol. The standard InChI is InChI=1S/C18H30N2O/c1-13(2)21-17-10-8-16(9-11-17)18(19-4)12-20(5)14(3)15-6-7-15/h8-11,13-15,18-19H,6-7,12H2,1-5H3. The van der Waals surface area contributed by atoms with Crippen LogP contribution in [-0.4, -0.2) is 37.7 Å². The highest BCUT2D eigenvalue weighted by Crippen LogP contribution is 2.35. The Bertz CT molecular complexity index is 425. The van der Waals surface area contributed by atoms with E-state index in [1.54, 1.807) is 0 Å². The summed E-state index contributed by atoms with van der Waals surface area (Å²) in [5.41, 5.74) is 1.32. The Kier molecular flexibility index (Phi) is 5.65. The second-order valence-corrected chi connectivity index (χ2v) is 6.59. The average molecular weight is 290 g/mol. The van der Waals surface area contributed by atoms with E-state index in [4.69, 9.17) is 4.74 Å². The van der Waals surface area contributed by atoms with Crippen LogP contribution in [0, 0.1) is 5.92 Å². The van der Waals surface area contributed by atoms with Gasteiger partial charge in [-0.3, -0.25) is 0 Å². The van der Waals surface area contributed by atoms with Gasteiger partial charge in [0.25, 0.3) is 0 Å². The van der Waals surface area contributed by atoms with Crippen LogP contribution in [0.4, 0.5) is 0 Å². The highest BCUT2D eigenvalue weighted by molar-refractivity contribution is 5.29. The van der Waals surface area contributed by atoms with E-state index in [0.29, 0.717) is 12.1 Å². The van der Waals surface area contributed by atoms with Crippen LogP contribution < -0.4 is 10.1 Å². The Morgan fingerprint density at radius 2 is 1.81 bits per heavy atom. The van der Waals surface area contributed by atoms with E-state index in [-0.39, 0.29) is 6.10 Å². The van der Waals surface area contributed by atoms with Crippen LogP contribution in [0.3, 0.4) is 0 Å². The van der Waals surface area contributed by atoms with Gasteiger partial charge in [-0.15, -0.1) is 0 Å². The SMILES string of the molecule is CNC(CN(C)C(C)C1CC1)c1ccc(OC(C)C)cc1. The minimum atomic E-state index is 0.224. The van der Waals surface area contributed by atoms with E-state index in [9.17, 15) is 0 Å². The largest absolute Gasteiger partial charge is 0.491 e. The van der Waals surface area contributed by atoms with Gasteiger partial charge >= 0.3 is 0 Å². The van der Waals surface area contributed by atoms with Crippen molar-refractivity contribution < 1.29 is 4.74 Å². The molecule has 1 aliphatic carbocycles. The molecule has 1 fully saturated rings. The zero-order valence-electron chi connectivity index (χ0n) is 14.1. The third-order valence-corrected chi connectivity index (χ3v) is 4.47. The first-order valence-corrected chi connectivity index (χ1v) is 8.15. The van der Waals surface area contributed by atoms with Gasteiger partial charge in [-0.2, -0.15) is 0 Å². The second-order valence-electron chi connectivity index (χ2n) is 6.59. The summed E-state index contributed by atoms with van der Waals surface area (Å²) < 4.78 is 5.71. The lowest BCUT2D eigenvalue weighted by molar-refractivity contribution is 0.213. The Morgan fingerprint density at radius 1 is 1.19 bits per heavy atom. The maximum atomic E-state index is 5.71. The molecule has 1 N–H and O–H groups in total. The van der Waals surface area contributed by atoms with Gasteiger partial charge in [-0.1, -0.05) is 12.1 Å². The summed E-state index contributed by atoms with van der Waals surface area (Å²) in [6.07, 6.45) is 3.02. The van der Waals surface area contributed by atoms with E-state index >= 15 is 0 Å². The Morgan fingerprint density at radius 3 is 2.29 bits per heavy atom. The first-order valence-electron chi connectivity index (χ1n) is 8.15. The van der Waals surface area contributed by atoms with Crippen LogP contribution in [0.15, 0.2) is 24.3 Å². The predicted octanol–water partition coefficient (Wildman–Crippen LogP) is 3.46. The van der Waals surface area contributed by atoms with E-state index in [1.165, 1.54) is 18.4 Å². The molecular formula is C18H30N2O. The molecular weight excluding hydrogens is 260 g/mol. The summed E-state index contributed by atoms with van der Waals surface area (Å²) in [6.45, 7) is 7.50. The molecule has 1 aliphatic rings. The van der Waals surface area contributed by atoms with Crippen molar-refractivity contribution in [3.63, 3.8) is 0 Å². The lowest BCUT2D eigenvalue weighted by Gasteiger charge is -2.29. The number of nitrogens with zero attached hydrogens (tertiary/aromatic N) is 1. The first-order chi connectivity index (χ1) is 10.0. The van der Waals surface area contributed by atoms with Gasteiger partial charge in [-0.05, 0) is 71.3 Å². The molecule has 0 amide bonds.